The van der Waals surface area contributed by atoms with Crippen molar-refractivity contribution in [1.82, 2.24) is 9.97 Å². The van der Waals surface area contributed by atoms with Crippen molar-refractivity contribution in [2.45, 2.75) is 19.8 Å². The van der Waals surface area contributed by atoms with E-state index in [0.29, 0.717) is 11.1 Å². The molecule has 1 aromatic heterocycles. The normalized spacial score (nSPS) is 10.8. The largest absolute Gasteiger partial charge is 0.573 e. The summed E-state index contributed by atoms with van der Waals surface area (Å²) in [6.45, 7) is 2.02. The maximum Gasteiger partial charge on any atom is 0.573 e. The lowest BCUT2D eigenvalue weighted by atomic mass is 10.1. The van der Waals surface area contributed by atoms with Gasteiger partial charge in [-0.1, -0.05) is 47.7 Å². The van der Waals surface area contributed by atoms with E-state index in [1.54, 1.807) is 6.07 Å². The number of rotatable bonds is 4. The fraction of sp³-hybridized carbons (Fsp3) is 0.143. The first-order valence-corrected chi connectivity index (χ1v) is 8.59. The van der Waals surface area contributed by atoms with Gasteiger partial charge in [-0.25, -0.2) is 4.98 Å². The molecule has 3 N–H and O–H groups in total. The number of hydrogen-bond donors (Lipinski definition) is 2. The molecule has 0 spiro atoms. The lowest BCUT2D eigenvalue weighted by Gasteiger charge is -2.13. The second kappa shape index (κ2) is 8.52. The van der Waals surface area contributed by atoms with Crippen molar-refractivity contribution in [1.29, 1.82) is 0 Å². The second-order valence-corrected chi connectivity index (χ2v) is 6.12. The van der Waals surface area contributed by atoms with Gasteiger partial charge in [-0.2, -0.15) is 4.98 Å². The summed E-state index contributed by atoms with van der Waals surface area (Å²) in [6.07, 6.45) is -3.31. The minimum atomic E-state index is -4.77. The maximum absolute atomic E-state index is 12.5. The summed E-state index contributed by atoms with van der Waals surface area (Å²) in [6, 6.07) is 13.5. The SMILES string of the molecule is Cc1ccc(C#Cc2cnc(NCc3ccccc3OC(F)(F)F)nc2N)cc1. The summed E-state index contributed by atoms with van der Waals surface area (Å²) in [7, 11) is 0. The van der Waals surface area contributed by atoms with Gasteiger partial charge in [0.2, 0.25) is 5.95 Å². The van der Waals surface area contributed by atoms with Gasteiger partial charge in [-0.3, -0.25) is 0 Å². The number of hydrogen-bond acceptors (Lipinski definition) is 5. The first-order chi connectivity index (χ1) is 13.8. The molecule has 8 heteroatoms. The molecule has 5 nitrogen and oxygen atoms in total. The predicted molar refractivity (Wildman–Crippen MR) is 104 cm³/mol. The van der Waals surface area contributed by atoms with E-state index in [-0.39, 0.29) is 24.1 Å². The van der Waals surface area contributed by atoms with Gasteiger partial charge >= 0.3 is 6.36 Å². The molecule has 0 aliphatic heterocycles. The van der Waals surface area contributed by atoms with Crippen LogP contribution in [-0.4, -0.2) is 16.3 Å². The fourth-order valence-corrected chi connectivity index (χ4v) is 2.40. The molecule has 0 saturated carbocycles. The van der Waals surface area contributed by atoms with Gasteiger partial charge in [0.05, 0.1) is 11.8 Å². The third kappa shape index (κ3) is 5.87. The Morgan fingerprint density at radius 1 is 1.07 bits per heavy atom. The van der Waals surface area contributed by atoms with E-state index in [0.717, 1.165) is 11.1 Å². The van der Waals surface area contributed by atoms with Crippen molar-refractivity contribution < 1.29 is 17.9 Å². The van der Waals surface area contributed by atoms with Crippen LogP contribution in [0.15, 0.2) is 54.7 Å². The number of benzene rings is 2. The molecule has 29 heavy (non-hydrogen) atoms. The number of alkyl halides is 3. The van der Waals surface area contributed by atoms with E-state index >= 15 is 0 Å². The number of nitrogens with zero attached hydrogens (tertiary/aromatic N) is 2. The van der Waals surface area contributed by atoms with Crippen molar-refractivity contribution in [3.8, 4) is 17.6 Å². The average molecular weight is 398 g/mol. The number of aromatic nitrogens is 2. The van der Waals surface area contributed by atoms with E-state index < -0.39 is 6.36 Å². The molecule has 3 aromatic rings. The number of nitrogen functional groups attached to an aromatic ring is 1. The van der Waals surface area contributed by atoms with E-state index in [2.05, 4.69) is 31.9 Å². The Bertz CT molecular complexity index is 1050. The van der Waals surface area contributed by atoms with Gasteiger partial charge in [-0.05, 0) is 25.1 Å². The van der Waals surface area contributed by atoms with Crippen LogP contribution >= 0.6 is 0 Å². The summed E-state index contributed by atoms with van der Waals surface area (Å²) in [5.74, 6) is 5.94. The highest BCUT2D eigenvalue weighted by molar-refractivity contribution is 5.54. The molecule has 148 valence electrons. The van der Waals surface area contributed by atoms with Crippen LogP contribution in [0.25, 0.3) is 0 Å². The van der Waals surface area contributed by atoms with Crippen molar-refractivity contribution in [2.24, 2.45) is 0 Å². The van der Waals surface area contributed by atoms with E-state index in [9.17, 15) is 13.2 Å². The second-order valence-electron chi connectivity index (χ2n) is 6.12. The summed E-state index contributed by atoms with van der Waals surface area (Å²) in [4.78, 5) is 8.23. The first kappa shape index (κ1) is 20.0. The Morgan fingerprint density at radius 3 is 2.48 bits per heavy atom. The number of nitrogens with two attached hydrogens (primary N) is 1. The van der Waals surface area contributed by atoms with Crippen molar-refractivity contribution in [3.05, 3.63) is 77.0 Å². The monoisotopic (exact) mass is 398 g/mol. The number of ether oxygens (including phenoxy) is 1. The Labute approximate surface area is 165 Å². The smallest absolute Gasteiger partial charge is 0.405 e. The summed E-state index contributed by atoms with van der Waals surface area (Å²) >= 11 is 0. The molecular formula is C21H17F3N4O. The molecular weight excluding hydrogens is 381 g/mol. The van der Waals surface area contributed by atoms with Crippen LogP contribution in [0.4, 0.5) is 24.9 Å². The van der Waals surface area contributed by atoms with E-state index in [4.69, 9.17) is 5.73 Å². The van der Waals surface area contributed by atoms with Gasteiger partial charge in [0.1, 0.15) is 11.6 Å². The molecule has 0 saturated heterocycles. The van der Waals surface area contributed by atoms with Gasteiger partial charge in [0.25, 0.3) is 0 Å². The van der Waals surface area contributed by atoms with E-state index in [1.807, 2.05) is 31.2 Å². The molecule has 0 amide bonds. The Balaban J connectivity index is 1.70. The van der Waals surface area contributed by atoms with Crippen molar-refractivity contribution >= 4 is 11.8 Å². The molecule has 0 bridgehead atoms. The van der Waals surface area contributed by atoms with Crippen LogP contribution in [0, 0.1) is 18.8 Å². The zero-order valence-corrected chi connectivity index (χ0v) is 15.4. The van der Waals surface area contributed by atoms with Crippen molar-refractivity contribution in [2.75, 3.05) is 11.1 Å². The van der Waals surface area contributed by atoms with Gasteiger partial charge in [0.15, 0.2) is 0 Å². The number of halogens is 3. The number of nitrogens with one attached hydrogen (secondary N) is 1. The Morgan fingerprint density at radius 2 is 1.79 bits per heavy atom. The van der Waals surface area contributed by atoms with Crippen molar-refractivity contribution in [3.63, 3.8) is 0 Å². The number of anilines is 2. The topological polar surface area (TPSA) is 73.1 Å². The summed E-state index contributed by atoms with van der Waals surface area (Å²) < 4.78 is 41.5. The van der Waals surface area contributed by atoms with Crippen LogP contribution in [0.1, 0.15) is 22.3 Å². The third-order valence-electron chi connectivity index (χ3n) is 3.85. The highest BCUT2D eigenvalue weighted by Gasteiger charge is 2.31. The summed E-state index contributed by atoms with van der Waals surface area (Å²) in [5, 5.41) is 2.84. The Hall–Kier alpha value is -3.73. The fourth-order valence-electron chi connectivity index (χ4n) is 2.40. The quantitative estimate of drug-likeness (QED) is 0.642. The van der Waals surface area contributed by atoms with E-state index in [1.165, 1.54) is 24.4 Å². The van der Waals surface area contributed by atoms with Crippen LogP contribution < -0.4 is 15.8 Å². The van der Waals surface area contributed by atoms with Gasteiger partial charge in [-0.15, -0.1) is 13.2 Å². The molecule has 0 aliphatic carbocycles. The highest BCUT2D eigenvalue weighted by atomic mass is 19.4. The molecule has 1 heterocycles. The standard InChI is InChI=1S/C21H17F3N4O/c1-14-6-8-15(9-7-14)10-11-17-13-27-20(28-19(17)25)26-12-16-4-2-3-5-18(16)29-21(22,23)24/h2-9,13H,12H2,1H3,(H3,25,26,27,28). The minimum Gasteiger partial charge on any atom is -0.405 e. The molecule has 0 fully saturated rings. The third-order valence-corrected chi connectivity index (χ3v) is 3.85. The molecule has 0 atom stereocenters. The lowest BCUT2D eigenvalue weighted by molar-refractivity contribution is -0.274. The lowest BCUT2D eigenvalue weighted by Crippen LogP contribution is -2.18. The Kier molecular flexibility index (Phi) is 5.88. The van der Waals surface area contributed by atoms with Crippen LogP contribution in [0.3, 0.4) is 0 Å². The number of para-hydroxylation sites is 1. The molecule has 0 unspecified atom stereocenters. The average Bonchev–Trinajstić information content (AvgIpc) is 2.67. The number of aryl methyl sites for hydroxylation is 1. The summed E-state index contributed by atoms with van der Waals surface area (Å²) in [5.41, 5.74) is 8.65. The first-order valence-electron chi connectivity index (χ1n) is 8.59. The van der Waals surface area contributed by atoms with Crippen LogP contribution in [0.2, 0.25) is 0 Å². The molecule has 2 aromatic carbocycles. The predicted octanol–water partition coefficient (Wildman–Crippen LogP) is 4.28. The molecule has 3 rings (SSSR count). The van der Waals surface area contributed by atoms with Crippen LogP contribution in [-0.2, 0) is 6.54 Å². The molecule has 0 aliphatic rings. The van der Waals surface area contributed by atoms with Crippen LogP contribution in [0.5, 0.6) is 5.75 Å². The zero-order chi connectivity index (χ0) is 20.9. The zero-order valence-electron chi connectivity index (χ0n) is 15.4. The van der Waals surface area contributed by atoms with Gasteiger partial charge in [0, 0.05) is 17.7 Å². The highest BCUT2D eigenvalue weighted by Crippen LogP contribution is 2.26. The minimum absolute atomic E-state index is 0.0279. The van der Waals surface area contributed by atoms with Gasteiger partial charge < -0.3 is 15.8 Å². The maximum atomic E-state index is 12.5. The molecule has 0 radical (unpaired) electrons.